The lowest BCUT2D eigenvalue weighted by atomic mass is 10.1. The first-order valence-electron chi connectivity index (χ1n) is 11.3. The molecule has 37 heavy (non-hydrogen) atoms. The molecular formula is C26H20BrN5O4S. The van der Waals surface area contributed by atoms with Gasteiger partial charge in [0.25, 0.3) is 5.69 Å². The van der Waals surface area contributed by atoms with Gasteiger partial charge in [0.15, 0.2) is 0 Å². The van der Waals surface area contributed by atoms with Gasteiger partial charge in [-0.25, -0.2) is 14.8 Å². The number of hydrazone groups is 2. The number of esters is 1. The first-order valence-corrected chi connectivity index (χ1v) is 12.9. The summed E-state index contributed by atoms with van der Waals surface area (Å²) in [4.78, 5) is 23.0. The molecule has 2 heterocycles. The second-order valence-corrected chi connectivity index (χ2v) is 10.0. The van der Waals surface area contributed by atoms with Gasteiger partial charge in [0, 0.05) is 16.1 Å². The molecule has 9 nitrogen and oxygen atoms in total. The first kappa shape index (κ1) is 24.7. The van der Waals surface area contributed by atoms with E-state index < -0.39 is 15.9 Å². The molecule has 11 heteroatoms. The van der Waals surface area contributed by atoms with Crippen LogP contribution in [0.5, 0.6) is 0 Å². The highest BCUT2D eigenvalue weighted by molar-refractivity contribution is 9.10. The van der Waals surface area contributed by atoms with Crippen LogP contribution in [0.2, 0.25) is 0 Å². The van der Waals surface area contributed by atoms with Gasteiger partial charge in [0.05, 0.1) is 22.9 Å². The highest BCUT2D eigenvalue weighted by atomic mass is 79.9. The van der Waals surface area contributed by atoms with E-state index in [4.69, 9.17) is 9.84 Å². The number of ether oxygens (including phenoxy) is 1. The van der Waals surface area contributed by atoms with Crippen LogP contribution in [-0.2, 0) is 9.53 Å². The molecule has 0 fully saturated rings. The molecule has 1 spiro atoms. The van der Waals surface area contributed by atoms with Crippen molar-refractivity contribution < 1.29 is 14.5 Å². The predicted octanol–water partition coefficient (Wildman–Crippen LogP) is 5.92. The Morgan fingerprint density at radius 1 is 1.03 bits per heavy atom. The Kier molecular flexibility index (Phi) is 6.81. The van der Waals surface area contributed by atoms with E-state index in [-0.39, 0.29) is 23.0 Å². The SMILES string of the molecule is CCOC(=O)C1=NN(c2ccccc2[N+](=O)[O-])[C@@]2(C=CC(c3ccc(Br)cc3)=NN2c2ccccc2)S1. The van der Waals surface area contributed by atoms with Crippen molar-refractivity contribution in [1.29, 1.82) is 0 Å². The van der Waals surface area contributed by atoms with E-state index in [0.29, 0.717) is 11.4 Å². The molecule has 0 saturated heterocycles. The topological polar surface area (TPSA) is 101 Å². The number of carbonyl (C=O) groups excluding carboxylic acids is 1. The Bertz CT molecular complexity index is 1440. The van der Waals surface area contributed by atoms with Gasteiger partial charge in [-0.1, -0.05) is 58.4 Å². The summed E-state index contributed by atoms with van der Waals surface area (Å²) >= 11 is 4.57. The number of thioether (sulfide) groups is 1. The molecule has 186 valence electrons. The highest BCUT2D eigenvalue weighted by Crippen LogP contribution is 2.49. The van der Waals surface area contributed by atoms with Crippen molar-refractivity contribution in [1.82, 2.24) is 0 Å². The predicted molar refractivity (Wildman–Crippen MR) is 149 cm³/mol. The first-order chi connectivity index (χ1) is 17.9. The maximum Gasteiger partial charge on any atom is 0.365 e. The number of nitrogens with zero attached hydrogens (tertiary/aromatic N) is 5. The largest absolute Gasteiger partial charge is 0.461 e. The summed E-state index contributed by atoms with van der Waals surface area (Å²) in [7, 11) is 0. The standard InChI is InChI=1S/C26H20BrN5O4S/c1-2-36-25(33)24-29-31(22-10-6-7-11-23(22)32(34)35)26(37-24)17-16-21(18-12-14-19(27)15-13-18)28-30(26)20-8-4-3-5-9-20/h3-17H,2H2,1H3/t26-/m0/s1. The van der Waals surface area contributed by atoms with Crippen LogP contribution < -0.4 is 10.0 Å². The number of anilines is 2. The molecule has 0 unspecified atom stereocenters. The maximum absolute atomic E-state index is 12.8. The fraction of sp³-hybridized carbons (Fsp3) is 0.115. The molecule has 0 N–H and O–H groups in total. The zero-order valence-electron chi connectivity index (χ0n) is 19.5. The van der Waals surface area contributed by atoms with E-state index in [0.717, 1.165) is 21.8 Å². The molecule has 0 saturated carbocycles. The molecule has 0 amide bonds. The molecule has 2 aliphatic heterocycles. The van der Waals surface area contributed by atoms with Crippen molar-refractivity contribution >= 4 is 61.5 Å². The highest BCUT2D eigenvalue weighted by Gasteiger charge is 2.53. The third-order valence-electron chi connectivity index (χ3n) is 5.61. The van der Waals surface area contributed by atoms with Gasteiger partial charge in [-0.15, -0.1) is 0 Å². The summed E-state index contributed by atoms with van der Waals surface area (Å²) in [6.07, 6.45) is 3.68. The summed E-state index contributed by atoms with van der Waals surface area (Å²) in [6, 6.07) is 23.4. The van der Waals surface area contributed by atoms with Crippen LogP contribution in [0, 0.1) is 10.1 Å². The van der Waals surface area contributed by atoms with Gasteiger partial charge in [-0.05, 0) is 61.2 Å². The molecule has 3 aromatic rings. The molecule has 0 aromatic heterocycles. The van der Waals surface area contributed by atoms with Gasteiger partial charge in [0.1, 0.15) is 5.69 Å². The molecule has 2 aliphatic rings. The maximum atomic E-state index is 12.8. The minimum absolute atomic E-state index is 0.0628. The lowest BCUT2D eigenvalue weighted by Gasteiger charge is -2.43. The van der Waals surface area contributed by atoms with Crippen LogP contribution in [0.25, 0.3) is 0 Å². The Hall–Kier alpha value is -3.96. The zero-order chi connectivity index (χ0) is 26.0. The smallest absolute Gasteiger partial charge is 0.365 e. The summed E-state index contributed by atoms with van der Waals surface area (Å²) in [5.74, 6) is -0.614. The normalized spacial score (nSPS) is 18.5. The fourth-order valence-electron chi connectivity index (χ4n) is 3.96. The molecule has 0 radical (unpaired) electrons. The number of halogens is 1. The number of carbonyl (C=O) groups is 1. The summed E-state index contributed by atoms with van der Waals surface area (Å²) in [5, 5.41) is 24.7. The Balaban J connectivity index is 1.70. The summed E-state index contributed by atoms with van der Waals surface area (Å²) in [5.41, 5.74) is 2.32. The average Bonchev–Trinajstić information content (AvgIpc) is 3.30. The van der Waals surface area contributed by atoms with E-state index in [1.54, 1.807) is 30.1 Å². The van der Waals surface area contributed by atoms with Gasteiger partial charge < -0.3 is 4.74 Å². The molecular weight excluding hydrogens is 558 g/mol. The lowest BCUT2D eigenvalue weighted by Crippen LogP contribution is -2.54. The van der Waals surface area contributed by atoms with Crippen LogP contribution in [0.15, 0.2) is 106 Å². The van der Waals surface area contributed by atoms with Gasteiger partial charge >= 0.3 is 5.97 Å². The quantitative estimate of drug-likeness (QED) is 0.203. The third-order valence-corrected chi connectivity index (χ3v) is 7.36. The van der Waals surface area contributed by atoms with E-state index in [1.807, 2.05) is 66.7 Å². The number of nitro groups is 1. The fourth-order valence-corrected chi connectivity index (χ4v) is 5.37. The Morgan fingerprint density at radius 3 is 2.43 bits per heavy atom. The second kappa shape index (κ2) is 10.2. The van der Waals surface area contributed by atoms with Crippen LogP contribution in [-0.4, -0.2) is 33.2 Å². The van der Waals surface area contributed by atoms with Crippen LogP contribution in [0.1, 0.15) is 12.5 Å². The average molecular weight is 578 g/mol. The minimum Gasteiger partial charge on any atom is -0.461 e. The van der Waals surface area contributed by atoms with Crippen LogP contribution >= 0.6 is 27.7 Å². The van der Waals surface area contributed by atoms with Crippen molar-refractivity contribution in [2.45, 2.75) is 11.9 Å². The van der Waals surface area contributed by atoms with Crippen molar-refractivity contribution in [2.24, 2.45) is 10.2 Å². The van der Waals surface area contributed by atoms with E-state index in [9.17, 15) is 14.9 Å². The van der Waals surface area contributed by atoms with Crippen molar-refractivity contribution in [2.75, 3.05) is 16.6 Å². The second-order valence-electron chi connectivity index (χ2n) is 7.92. The van der Waals surface area contributed by atoms with Gasteiger partial charge in [-0.3, -0.25) is 10.1 Å². The van der Waals surface area contributed by atoms with E-state index in [2.05, 4.69) is 21.0 Å². The number of benzene rings is 3. The molecule has 1 atom stereocenters. The molecule has 0 aliphatic carbocycles. The molecule has 3 aromatic carbocycles. The lowest BCUT2D eigenvalue weighted by molar-refractivity contribution is -0.384. The van der Waals surface area contributed by atoms with E-state index >= 15 is 0 Å². The number of para-hydroxylation sites is 3. The van der Waals surface area contributed by atoms with Gasteiger partial charge in [-0.2, -0.15) is 10.2 Å². The van der Waals surface area contributed by atoms with E-state index in [1.165, 1.54) is 11.1 Å². The molecule has 5 rings (SSSR count). The zero-order valence-corrected chi connectivity index (χ0v) is 21.9. The third kappa shape index (κ3) is 4.63. The number of nitro benzene ring substituents is 1. The summed E-state index contributed by atoms with van der Waals surface area (Å²) in [6.45, 7) is 1.88. The van der Waals surface area contributed by atoms with Crippen molar-refractivity contribution in [3.05, 3.63) is 111 Å². The minimum atomic E-state index is -1.26. The molecule has 0 bridgehead atoms. The number of hydrogen-bond acceptors (Lipinski definition) is 9. The monoisotopic (exact) mass is 577 g/mol. The number of allylic oxidation sites excluding steroid dienone is 1. The number of rotatable bonds is 6. The van der Waals surface area contributed by atoms with Gasteiger partial charge in [0.2, 0.25) is 10.0 Å². The van der Waals surface area contributed by atoms with Crippen molar-refractivity contribution in [3.63, 3.8) is 0 Å². The Morgan fingerprint density at radius 2 is 1.73 bits per heavy atom. The van der Waals surface area contributed by atoms with Crippen molar-refractivity contribution in [3.8, 4) is 0 Å². The van der Waals surface area contributed by atoms with Crippen LogP contribution in [0.4, 0.5) is 17.1 Å². The Labute approximate surface area is 225 Å². The summed E-state index contributed by atoms with van der Waals surface area (Å²) < 4.78 is 6.17. The van der Waals surface area contributed by atoms with Crippen LogP contribution in [0.3, 0.4) is 0 Å². The number of hydrogen-bond donors (Lipinski definition) is 0.